The Kier molecular flexibility index (Phi) is 6.80. The fourth-order valence-corrected chi connectivity index (χ4v) is 4.02. The van der Waals surface area contributed by atoms with E-state index < -0.39 is 15.6 Å². The molecule has 104 valence electrons. The highest BCUT2D eigenvalue weighted by Crippen LogP contribution is 2.25. The third-order valence-electron chi connectivity index (χ3n) is 1.90. The second-order valence-corrected chi connectivity index (χ2v) is 7.89. The van der Waals surface area contributed by atoms with Gasteiger partial charge in [-0.15, -0.1) is 12.4 Å². The molecule has 0 aliphatic rings. The quantitative estimate of drug-likeness (QED) is 0.784. The molecule has 0 atom stereocenters. The number of rotatable bonds is 4. The van der Waals surface area contributed by atoms with Gasteiger partial charge in [0.15, 0.2) is 0 Å². The summed E-state index contributed by atoms with van der Waals surface area (Å²) in [6.45, 7) is 3.69. The van der Waals surface area contributed by atoms with E-state index in [-0.39, 0.29) is 23.8 Å². The van der Waals surface area contributed by atoms with Gasteiger partial charge in [-0.05, 0) is 48.0 Å². The van der Waals surface area contributed by atoms with E-state index in [0.717, 1.165) is 4.47 Å². The first-order chi connectivity index (χ1) is 7.62. The molecule has 1 aromatic carbocycles. The molecule has 0 fully saturated rings. The van der Waals surface area contributed by atoms with Crippen LogP contribution < -0.4 is 10.5 Å². The third kappa shape index (κ3) is 5.54. The van der Waals surface area contributed by atoms with Gasteiger partial charge in [-0.3, -0.25) is 0 Å². The molecule has 0 unspecified atom stereocenters. The predicted molar refractivity (Wildman–Crippen MR) is 82.5 cm³/mol. The number of nitrogens with one attached hydrogen (secondary N) is 1. The smallest absolute Gasteiger partial charge is 0.241 e. The van der Waals surface area contributed by atoms with Crippen LogP contribution in [0.1, 0.15) is 13.8 Å². The Morgan fingerprint density at radius 3 is 2.33 bits per heavy atom. The van der Waals surface area contributed by atoms with Crippen molar-refractivity contribution in [2.24, 2.45) is 5.73 Å². The van der Waals surface area contributed by atoms with E-state index in [0.29, 0.717) is 4.47 Å². The molecule has 1 aromatic rings. The van der Waals surface area contributed by atoms with Crippen molar-refractivity contribution in [1.82, 2.24) is 4.72 Å². The van der Waals surface area contributed by atoms with Crippen LogP contribution in [0.3, 0.4) is 0 Å². The minimum absolute atomic E-state index is 0. The van der Waals surface area contributed by atoms with E-state index in [1.54, 1.807) is 26.0 Å². The summed E-state index contributed by atoms with van der Waals surface area (Å²) in [6.07, 6.45) is 0. The van der Waals surface area contributed by atoms with Crippen molar-refractivity contribution >= 4 is 54.3 Å². The van der Waals surface area contributed by atoms with Crippen molar-refractivity contribution in [3.8, 4) is 0 Å². The molecule has 0 heterocycles. The summed E-state index contributed by atoms with van der Waals surface area (Å²) in [5, 5.41) is 0. The maximum Gasteiger partial charge on any atom is 0.241 e. The zero-order valence-electron chi connectivity index (χ0n) is 9.91. The lowest BCUT2D eigenvalue weighted by molar-refractivity contribution is 0.498. The summed E-state index contributed by atoms with van der Waals surface area (Å²) in [4.78, 5) is 0.199. The van der Waals surface area contributed by atoms with Crippen LogP contribution in [0.2, 0.25) is 0 Å². The molecule has 0 aliphatic carbocycles. The molecule has 1 rings (SSSR count). The summed E-state index contributed by atoms with van der Waals surface area (Å²) < 4.78 is 27.8. The first kappa shape index (κ1) is 18.3. The number of halogens is 3. The fraction of sp³-hybridized carbons (Fsp3) is 0.400. The van der Waals surface area contributed by atoms with Crippen molar-refractivity contribution in [2.45, 2.75) is 24.3 Å². The van der Waals surface area contributed by atoms with Crippen molar-refractivity contribution in [1.29, 1.82) is 0 Å². The van der Waals surface area contributed by atoms with Crippen molar-refractivity contribution in [3.05, 3.63) is 27.1 Å². The van der Waals surface area contributed by atoms with Gasteiger partial charge >= 0.3 is 0 Å². The summed E-state index contributed by atoms with van der Waals surface area (Å²) in [6, 6.07) is 4.88. The van der Waals surface area contributed by atoms with E-state index in [4.69, 9.17) is 5.73 Å². The molecule has 0 aromatic heterocycles. The van der Waals surface area contributed by atoms with Crippen LogP contribution in [-0.4, -0.2) is 20.5 Å². The van der Waals surface area contributed by atoms with Gasteiger partial charge in [0.25, 0.3) is 0 Å². The van der Waals surface area contributed by atoms with Crippen LogP contribution in [0.15, 0.2) is 32.0 Å². The summed E-state index contributed by atoms with van der Waals surface area (Å²) >= 11 is 6.49. The number of hydrogen-bond donors (Lipinski definition) is 2. The second-order valence-electron chi connectivity index (χ2n) is 4.39. The lowest BCUT2D eigenvalue weighted by Crippen LogP contribution is -2.45. The lowest BCUT2D eigenvalue weighted by Gasteiger charge is -2.19. The van der Waals surface area contributed by atoms with E-state index in [1.807, 2.05) is 0 Å². The Morgan fingerprint density at radius 1 is 1.33 bits per heavy atom. The van der Waals surface area contributed by atoms with Gasteiger partial charge < -0.3 is 5.73 Å². The third-order valence-corrected chi connectivity index (χ3v) is 4.77. The zero-order chi connectivity index (χ0) is 13.3. The van der Waals surface area contributed by atoms with E-state index >= 15 is 0 Å². The molecule has 0 aliphatic heterocycles. The molecule has 0 amide bonds. The van der Waals surface area contributed by atoms with Gasteiger partial charge in [0.05, 0.1) is 4.90 Å². The standard InChI is InChI=1S/C10H14Br2N2O2S.ClH/c1-10(2,13)6-14-17(15,16)9-4-3-7(11)5-8(9)12;/h3-5,14H,6,13H2,1-2H3;1H. The van der Waals surface area contributed by atoms with Crippen LogP contribution in [0.4, 0.5) is 0 Å². The Morgan fingerprint density at radius 2 is 1.89 bits per heavy atom. The number of hydrogen-bond acceptors (Lipinski definition) is 3. The van der Waals surface area contributed by atoms with Gasteiger partial charge in [-0.1, -0.05) is 15.9 Å². The minimum Gasteiger partial charge on any atom is -0.324 e. The molecule has 8 heteroatoms. The predicted octanol–water partition coefficient (Wildman–Crippen LogP) is 2.65. The first-order valence-electron chi connectivity index (χ1n) is 4.85. The van der Waals surface area contributed by atoms with E-state index in [2.05, 4.69) is 36.6 Å². The van der Waals surface area contributed by atoms with Crippen LogP contribution >= 0.6 is 44.3 Å². The number of sulfonamides is 1. The van der Waals surface area contributed by atoms with Crippen molar-refractivity contribution < 1.29 is 8.42 Å². The SMILES string of the molecule is CC(C)(N)CNS(=O)(=O)c1ccc(Br)cc1Br.Cl. The maximum absolute atomic E-state index is 12.0. The monoisotopic (exact) mass is 420 g/mol. The van der Waals surface area contributed by atoms with Crippen LogP contribution in [0, 0.1) is 0 Å². The zero-order valence-corrected chi connectivity index (χ0v) is 14.7. The van der Waals surface area contributed by atoms with Gasteiger partial charge in [0, 0.05) is 21.0 Å². The molecular formula is C10H15Br2ClN2O2S. The Labute approximate surface area is 130 Å². The normalized spacial score (nSPS) is 12.1. The van der Waals surface area contributed by atoms with Gasteiger partial charge in [0.1, 0.15) is 0 Å². The highest BCUT2D eigenvalue weighted by atomic mass is 79.9. The van der Waals surface area contributed by atoms with Crippen molar-refractivity contribution in [2.75, 3.05) is 6.54 Å². The summed E-state index contributed by atoms with van der Waals surface area (Å²) in [7, 11) is -3.54. The highest BCUT2D eigenvalue weighted by Gasteiger charge is 2.20. The second kappa shape index (κ2) is 6.67. The molecule has 0 saturated carbocycles. The topological polar surface area (TPSA) is 72.2 Å². The van der Waals surface area contributed by atoms with E-state index in [1.165, 1.54) is 6.07 Å². The number of nitrogens with two attached hydrogens (primary N) is 1. The fourth-order valence-electron chi connectivity index (χ4n) is 1.05. The van der Waals surface area contributed by atoms with Gasteiger partial charge in [0.2, 0.25) is 10.0 Å². The van der Waals surface area contributed by atoms with Gasteiger partial charge in [-0.25, -0.2) is 13.1 Å². The average molecular weight is 423 g/mol. The molecule has 3 N–H and O–H groups in total. The van der Waals surface area contributed by atoms with Crippen LogP contribution in [0.25, 0.3) is 0 Å². The Balaban J connectivity index is 0.00000289. The maximum atomic E-state index is 12.0. The molecular weight excluding hydrogens is 407 g/mol. The largest absolute Gasteiger partial charge is 0.324 e. The Hall–Kier alpha value is 0.340. The molecule has 0 bridgehead atoms. The van der Waals surface area contributed by atoms with Crippen molar-refractivity contribution in [3.63, 3.8) is 0 Å². The summed E-state index contributed by atoms with van der Waals surface area (Å²) in [5.74, 6) is 0. The molecule has 0 spiro atoms. The van der Waals surface area contributed by atoms with E-state index in [9.17, 15) is 8.42 Å². The average Bonchev–Trinajstić information content (AvgIpc) is 2.13. The highest BCUT2D eigenvalue weighted by molar-refractivity contribution is 9.11. The molecule has 4 nitrogen and oxygen atoms in total. The molecule has 0 radical (unpaired) electrons. The Bertz CT molecular complexity index is 515. The summed E-state index contributed by atoms with van der Waals surface area (Å²) in [5.41, 5.74) is 5.15. The molecule has 0 saturated heterocycles. The number of benzene rings is 1. The minimum atomic E-state index is -3.54. The van der Waals surface area contributed by atoms with Crippen LogP contribution in [-0.2, 0) is 10.0 Å². The molecule has 18 heavy (non-hydrogen) atoms. The van der Waals surface area contributed by atoms with Crippen LogP contribution in [0.5, 0.6) is 0 Å². The van der Waals surface area contributed by atoms with Gasteiger partial charge in [-0.2, -0.15) is 0 Å². The first-order valence-corrected chi connectivity index (χ1v) is 7.92. The lowest BCUT2D eigenvalue weighted by atomic mass is 10.1.